The first kappa shape index (κ1) is 14.6. The summed E-state index contributed by atoms with van der Waals surface area (Å²) in [6.07, 6.45) is 2.28. The number of methoxy groups -OCH3 is 1. The molecule has 1 aromatic carbocycles. The van der Waals surface area contributed by atoms with Gasteiger partial charge in [0.05, 0.1) is 11.0 Å². The second-order valence-electron chi connectivity index (χ2n) is 4.97. The van der Waals surface area contributed by atoms with Gasteiger partial charge in [0.1, 0.15) is 0 Å². The number of piperidine rings is 1. The lowest BCUT2D eigenvalue weighted by Crippen LogP contribution is -2.39. The number of anilines is 2. The van der Waals surface area contributed by atoms with E-state index in [1.165, 1.54) is 0 Å². The van der Waals surface area contributed by atoms with Crippen LogP contribution in [-0.4, -0.2) is 37.8 Å². The number of nitrogens with zero attached hydrogens (tertiary/aromatic N) is 2. The Bertz CT molecular complexity index is 479. The van der Waals surface area contributed by atoms with Crippen LogP contribution in [-0.2, 0) is 4.74 Å². The van der Waals surface area contributed by atoms with Gasteiger partial charge in [-0.3, -0.25) is 10.1 Å². The number of non-ortho nitro benzene ring substituents is 1. The van der Waals surface area contributed by atoms with Crippen molar-refractivity contribution in [3.63, 3.8) is 0 Å². The molecule has 1 N–H and O–H groups in total. The van der Waals surface area contributed by atoms with Gasteiger partial charge in [0, 0.05) is 50.3 Å². The Morgan fingerprint density at radius 3 is 2.95 bits per heavy atom. The second-order valence-corrected chi connectivity index (χ2v) is 4.97. The molecule has 20 heavy (non-hydrogen) atoms. The van der Waals surface area contributed by atoms with Crippen molar-refractivity contribution in [3.8, 4) is 0 Å². The molecule has 0 aromatic heterocycles. The highest BCUT2D eigenvalue weighted by Crippen LogP contribution is 2.29. The summed E-state index contributed by atoms with van der Waals surface area (Å²) in [7, 11) is 1.71. The van der Waals surface area contributed by atoms with Crippen molar-refractivity contribution in [2.45, 2.75) is 25.9 Å². The van der Waals surface area contributed by atoms with E-state index in [0.29, 0.717) is 0 Å². The fourth-order valence-corrected chi connectivity index (χ4v) is 2.55. The molecule has 1 unspecified atom stereocenters. The van der Waals surface area contributed by atoms with E-state index in [1.54, 1.807) is 19.2 Å². The largest absolute Gasteiger partial charge is 0.385 e. The van der Waals surface area contributed by atoms with Gasteiger partial charge in [-0.1, -0.05) is 0 Å². The fraction of sp³-hybridized carbons (Fsp3) is 0.571. The van der Waals surface area contributed by atoms with E-state index in [4.69, 9.17) is 4.74 Å². The third-order valence-corrected chi connectivity index (χ3v) is 3.57. The van der Waals surface area contributed by atoms with E-state index in [-0.39, 0.29) is 16.7 Å². The number of hydrogen-bond acceptors (Lipinski definition) is 5. The zero-order valence-corrected chi connectivity index (χ0v) is 12.0. The van der Waals surface area contributed by atoms with Crippen molar-refractivity contribution in [2.24, 2.45) is 0 Å². The Labute approximate surface area is 118 Å². The molecule has 2 rings (SSSR count). The maximum atomic E-state index is 11.0. The zero-order valence-electron chi connectivity index (χ0n) is 12.0. The van der Waals surface area contributed by atoms with Crippen LogP contribution in [0.5, 0.6) is 0 Å². The molecular formula is C14H21N3O3. The lowest BCUT2D eigenvalue weighted by atomic mass is 10.1. The molecule has 1 atom stereocenters. The molecule has 0 spiro atoms. The molecule has 1 aliphatic rings. The minimum atomic E-state index is -0.345. The van der Waals surface area contributed by atoms with Crippen LogP contribution in [0.4, 0.5) is 17.1 Å². The van der Waals surface area contributed by atoms with E-state index in [2.05, 4.69) is 10.2 Å². The van der Waals surface area contributed by atoms with E-state index in [9.17, 15) is 10.1 Å². The number of nitro groups is 1. The Balaban J connectivity index is 2.27. The monoisotopic (exact) mass is 279 g/mol. The maximum Gasteiger partial charge on any atom is 0.273 e. The van der Waals surface area contributed by atoms with E-state index >= 15 is 0 Å². The molecule has 0 amide bonds. The molecule has 6 nitrogen and oxygen atoms in total. The number of ether oxygens (including phenoxy) is 1. The van der Waals surface area contributed by atoms with Gasteiger partial charge in [0.2, 0.25) is 0 Å². The van der Waals surface area contributed by atoms with Crippen molar-refractivity contribution in [3.05, 3.63) is 28.3 Å². The third-order valence-electron chi connectivity index (χ3n) is 3.57. The first-order valence-corrected chi connectivity index (χ1v) is 6.95. The van der Waals surface area contributed by atoms with Crippen LogP contribution < -0.4 is 10.2 Å². The molecule has 1 saturated heterocycles. The van der Waals surface area contributed by atoms with Crippen molar-refractivity contribution < 1.29 is 9.66 Å². The highest BCUT2D eigenvalue weighted by molar-refractivity contribution is 5.64. The Morgan fingerprint density at radius 2 is 2.30 bits per heavy atom. The molecular weight excluding hydrogens is 258 g/mol. The Morgan fingerprint density at radius 1 is 1.50 bits per heavy atom. The summed E-state index contributed by atoms with van der Waals surface area (Å²) < 4.78 is 5.41. The average molecular weight is 279 g/mol. The summed E-state index contributed by atoms with van der Waals surface area (Å²) in [4.78, 5) is 12.9. The minimum absolute atomic E-state index is 0.123. The van der Waals surface area contributed by atoms with Gasteiger partial charge in [0.25, 0.3) is 5.69 Å². The van der Waals surface area contributed by atoms with Crippen molar-refractivity contribution in [1.82, 2.24) is 0 Å². The first-order chi connectivity index (χ1) is 9.63. The summed E-state index contributed by atoms with van der Waals surface area (Å²) in [6.45, 7) is 4.40. The van der Waals surface area contributed by atoms with Crippen LogP contribution >= 0.6 is 0 Å². The summed E-state index contributed by atoms with van der Waals surface area (Å²) >= 11 is 0. The van der Waals surface area contributed by atoms with Gasteiger partial charge < -0.3 is 15.0 Å². The van der Waals surface area contributed by atoms with Crippen LogP contribution in [0.15, 0.2) is 18.2 Å². The number of rotatable bonds is 5. The predicted molar refractivity (Wildman–Crippen MR) is 79.5 cm³/mol. The molecule has 0 saturated carbocycles. The summed E-state index contributed by atoms with van der Waals surface area (Å²) in [5.41, 5.74) is 1.80. The zero-order chi connectivity index (χ0) is 14.5. The van der Waals surface area contributed by atoms with Crippen molar-refractivity contribution in [2.75, 3.05) is 37.0 Å². The van der Waals surface area contributed by atoms with Gasteiger partial charge >= 0.3 is 0 Å². The second kappa shape index (κ2) is 6.56. The van der Waals surface area contributed by atoms with Crippen LogP contribution in [0.2, 0.25) is 0 Å². The maximum absolute atomic E-state index is 11.0. The topological polar surface area (TPSA) is 67.6 Å². The van der Waals surface area contributed by atoms with Crippen molar-refractivity contribution in [1.29, 1.82) is 0 Å². The summed E-state index contributed by atoms with van der Waals surface area (Å²) in [5.74, 6) is 0. The molecule has 1 fully saturated rings. The van der Waals surface area contributed by atoms with E-state index in [0.717, 1.165) is 43.9 Å². The summed E-state index contributed by atoms with van der Waals surface area (Å²) in [6, 6.07) is 5.18. The lowest BCUT2D eigenvalue weighted by molar-refractivity contribution is -0.384. The van der Waals surface area contributed by atoms with Crippen LogP contribution in [0.3, 0.4) is 0 Å². The Hall–Kier alpha value is -1.82. The number of benzene rings is 1. The van der Waals surface area contributed by atoms with E-state index < -0.39 is 0 Å². The van der Waals surface area contributed by atoms with Gasteiger partial charge in [0.15, 0.2) is 0 Å². The number of nitrogens with one attached hydrogen (secondary N) is 1. The molecule has 0 aliphatic carbocycles. The van der Waals surface area contributed by atoms with Crippen molar-refractivity contribution >= 4 is 17.1 Å². The molecule has 110 valence electrons. The predicted octanol–water partition coefficient (Wildman–Crippen LogP) is 2.64. The molecule has 1 aliphatic heterocycles. The molecule has 1 heterocycles. The standard InChI is InChI=1S/C14H21N3O3/c1-3-15-11-7-12(9-13(8-11)17(18)19)16-6-4-5-14(10-16)20-2/h7-9,14-15H,3-6,10H2,1-2H3. The van der Waals surface area contributed by atoms with Gasteiger partial charge in [-0.2, -0.15) is 0 Å². The quantitative estimate of drug-likeness (QED) is 0.663. The normalized spacial score (nSPS) is 18.9. The molecule has 0 bridgehead atoms. The van der Waals surface area contributed by atoms with Gasteiger partial charge in [-0.05, 0) is 25.8 Å². The van der Waals surface area contributed by atoms with Gasteiger partial charge in [-0.25, -0.2) is 0 Å². The number of nitro benzene ring substituents is 1. The van der Waals surface area contributed by atoms with Crippen LogP contribution in [0, 0.1) is 10.1 Å². The average Bonchev–Trinajstić information content (AvgIpc) is 2.47. The highest BCUT2D eigenvalue weighted by atomic mass is 16.6. The summed E-state index contributed by atoms with van der Waals surface area (Å²) in [5, 5.41) is 14.2. The molecule has 0 radical (unpaired) electrons. The van der Waals surface area contributed by atoms with Crippen LogP contribution in [0.1, 0.15) is 19.8 Å². The van der Waals surface area contributed by atoms with Crippen LogP contribution in [0.25, 0.3) is 0 Å². The minimum Gasteiger partial charge on any atom is -0.385 e. The fourth-order valence-electron chi connectivity index (χ4n) is 2.55. The molecule has 6 heteroatoms. The van der Waals surface area contributed by atoms with E-state index in [1.807, 2.05) is 13.0 Å². The lowest BCUT2D eigenvalue weighted by Gasteiger charge is -2.33. The SMILES string of the molecule is CCNc1cc(N2CCCC(OC)C2)cc([N+](=O)[O-])c1. The third kappa shape index (κ3) is 3.39. The number of hydrogen-bond donors (Lipinski definition) is 1. The molecule has 1 aromatic rings. The van der Waals surface area contributed by atoms with Gasteiger partial charge in [-0.15, -0.1) is 0 Å². The smallest absolute Gasteiger partial charge is 0.273 e. The Kier molecular flexibility index (Phi) is 4.79. The first-order valence-electron chi connectivity index (χ1n) is 6.95. The highest BCUT2D eigenvalue weighted by Gasteiger charge is 2.21.